The lowest BCUT2D eigenvalue weighted by Gasteiger charge is -2.20. The number of rotatable bonds is 19. The summed E-state index contributed by atoms with van der Waals surface area (Å²) in [6.45, 7) is 13.0. The fraction of sp³-hybridized carbons (Fsp3) is 0.742. The Labute approximate surface area is 210 Å². The molecule has 0 fully saturated rings. The summed E-state index contributed by atoms with van der Waals surface area (Å²) in [5.74, 6) is 0. The van der Waals surface area contributed by atoms with Crippen molar-refractivity contribution in [3.05, 3.63) is 35.5 Å². The Morgan fingerprint density at radius 3 is 1.88 bits per heavy atom. The molecule has 0 spiro atoms. The maximum absolute atomic E-state index is 6.29. The Morgan fingerprint density at radius 1 is 0.735 bits per heavy atom. The van der Waals surface area contributed by atoms with E-state index in [1.165, 1.54) is 79.9 Å². The van der Waals surface area contributed by atoms with Gasteiger partial charge in [0.05, 0.1) is 13.2 Å². The van der Waals surface area contributed by atoms with E-state index >= 15 is 0 Å². The molecule has 0 radical (unpaired) electrons. The molecule has 0 bridgehead atoms. The monoisotopic (exact) mass is 471 g/mol. The quantitative estimate of drug-likeness (QED) is 0.163. The van der Waals surface area contributed by atoms with Crippen LogP contribution in [0.5, 0.6) is 0 Å². The smallest absolute Gasteiger partial charge is 0.186 e. The van der Waals surface area contributed by atoms with Crippen LogP contribution >= 0.6 is 0 Å². The SMILES string of the molecule is CCCCOC(OCCCC)c1c(CCCCCCCCCCC(C)(C)C)[nH]c2ccccc12. The molecule has 1 N–H and O–H groups in total. The maximum atomic E-state index is 6.29. The van der Waals surface area contributed by atoms with Gasteiger partial charge in [-0.3, -0.25) is 0 Å². The van der Waals surface area contributed by atoms with Gasteiger partial charge in [0.2, 0.25) is 0 Å². The van der Waals surface area contributed by atoms with E-state index in [9.17, 15) is 0 Å². The third-order valence-corrected chi connectivity index (χ3v) is 6.70. The van der Waals surface area contributed by atoms with E-state index in [1.54, 1.807) is 0 Å². The van der Waals surface area contributed by atoms with Crippen molar-refractivity contribution < 1.29 is 9.47 Å². The Kier molecular flexibility index (Phi) is 13.9. The standard InChI is InChI=1S/C31H53NO2/c1-6-8-24-33-30(34-25-9-7-2)29-26-20-17-18-21-27(26)32-28(29)22-16-14-12-10-11-13-15-19-23-31(3,4)5/h17-18,20-21,30,32H,6-16,19,22-25H2,1-5H3. The van der Waals surface area contributed by atoms with E-state index in [4.69, 9.17) is 9.47 Å². The highest BCUT2D eigenvalue weighted by molar-refractivity contribution is 5.84. The molecule has 0 unspecified atom stereocenters. The maximum Gasteiger partial charge on any atom is 0.186 e. The first-order valence-electron chi connectivity index (χ1n) is 14.3. The first-order chi connectivity index (χ1) is 16.5. The molecule has 0 saturated carbocycles. The number of hydrogen-bond donors (Lipinski definition) is 1. The molecule has 3 nitrogen and oxygen atoms in total. The van der Waals surface area contributed by atoms with Gasteiger partial charge in [0.1, 0.15) is 0 Å². The number of nitrogens with one attached hydrogen (secondary N) is 1. The van der Waals surface area contributed by atoms with Crippen LogP contribution in [0.25, 0.3) is 10.9 Å². The number of hydrogen-bond acceptors (Lipinski definition) is 2. The summed E-state index contributed by atoms with van der Waals surface area (Å²) >= 11 is 0. The first kappa shape index (κ1) is 28.9. The summed E-state index contributed by atoms with van der Waals surface area (Å²) in [4.78, 5) is 3.70. The van der Waals surface area contributed by atoms with Crippen LogP contribution in [0.2, 0.25) is 0 Å². The van der Waals surface area contributed by atoms with Crippen molar-refractivity contribution in [1.29, 1.82) is 0 Å². The molecule has 0 aliphatic heterocycles. The molecule has 1 aromatic carbocycles. The average Bonchev–Trinajstić information content (AvgIpc) is 3.17. The molecule has 1 aromatic heterocycles. The van der Waals surface area contributed by atoms with Gasteiger partial charge in [-0.25, -0.2) is 0 Å². The topological polar surface area (TPSA) is 34.2 Å². The van der Waals surface area contributed by atoms with E-state index in [-0.39, 0.29) is 6.29 Å². The predicted molar refractivity (Wildman–Crippen MR) is 147 cm³/mol. The minimum absolute atomic E-state index is 0.266. The Bertz CT molecular complexity index is 763. The van der Waals surface area contributed by atoms with Crippen LogP contribution in [-0.2, 0) is 15.9 Å². The van der Waals surface area contributed by atoms with E-state index in [0.717, 1.165) is 45.3 Å². The molecule has 194 valence electrons. The van der Waals surface area contributed by atoms with E-state index in [0.29, 0.717) is 5.41 Å². The number of fused-ring (bicyclic) bond motifs is 1. The highest BCUT2D eigenvalue weighted by Gasteiger charge is 2.22. The lowest BCUT2D eigenvalue weighted by molar-refractivity contribution is -0.147. The normalized spacial score (nSPS) is 12.3. The van der Waals surface area contributed by atoms with Crippen molar-refractivity contribution in [3.8, 4) is 0 Å². The van der Waals surface area contributed by atoms with Crippen LogP contribution in [-0.4, -0.2) is 18.2 Å². The second-order valence-electron chi connectivity index (χ2n) is 11.2. The van der Waals surface area contributed by atoms with Gasteiger partial charge in [-0.15, -0.1) is 0 Å². The molecule has 0 aliphatic rings. The summed E-state index contributed by atoms with van der Waals surface area (Å²) in [7, 11) is 0. The predicted octanol–water partition coefficient (Wildman–Crippen LogP) is 9.90. The number of benzene rings is 1. The molecular weight excluding hydrogens is 418 g/mol. The van der Waals surface area contributed by atoms with E-state index in [2.05, 4.69) is 63.9 Å². The van der Waals surface area contributed by atoms with E-state index in [1.807, 2.05) is 0 Å². The van der Waals surface area contributed by atoms with Crippen molar-refractivity contribution in [2.24, 2.45) is 5.41 Å². The van der Waals surface area contributed by atoms with Crippen molar-refractivity contribution in [2.45, 2.75) is 131 Å². The molecule has 0 amide bonds. The fourth-order valence-electron chi connectivity index (χ4n) is 4.59. The Hall–Kier alpha value is -1.32. The zero-order valence-corrected chi connectivity index (χ0v) is 23.0. The van der Waals surface area contributed by atoms with Crippen LogP contribution in [0.15, 0.2) is 24.3 Å². The Balaban J connectivity index is 1.87. The Morgan fingerprint density at radius 2 is 1.29 bits per heavy atom. The molecule has 34 heavy (non-hydrogen) atoms. The second kappa shape index (κ2) is 16.4. The van der Waals surface area contributed by atoms with E-state index < -0.39 is 0 Å². The molecule has 0 atom stereocenters. The number of para-hydroxylation sites is 1. The molecular formula is C31H53NO2. The van der Waals surface area contributed by atoms with Gasteiger partial charge in [-0.2, -0.15) is 0 Å². The van der Waals surface area contributed by atoms with Gasteiger partial charge < -0.3 is 14.5 Å². The van der Waals surface area contributed by atoms with Crippen LogP contribution in [0.1, 0.15) is 136 Å². The summed E-state index contributed by atoms with van der Waals surface area (Å²) in [5.41, 5.74) is 4.23. The number of unbranched alkanes of at least 4 members (excludes halogenated alkanes) is 9. The highest BCUT2D eigenvalue weighted by Crippen LogP contribution is 2.33. The molecule has 0 saturated heterocycles. The summed E-state index contributed by atoms with van der Waals surface area (Å²) < 4.78 is 12.6. The third kappa shape index (κ3) is 11.0. The van der Waals surface area contributed by atoms with Crippen LogP contribution in [0.4, 0.5) is 0 Å². The van der Waals surface area contributed by atoms with Crippen molar-refractivity contribution in [1.82, 2.24) is 4.98 Å². The first-order valence-corrected chi connectivity index (χ1v) is 14.3. The number of aryl methyl sites for hydroxylation is 1. The summed E-state index contributed by atoms with van der Waals surface area (Å²) in [5, 5.41) is 1.26. The molecule has 3 heteroatoms. The minimum Gasteiger partial charge on any atom is -0.358 e. The lowest BCUT2D eigenvalue weighted by atomic mass is 9.89. The van der Waals surface area contributed by atoms with Crippen LogP contribution < -0.4 is 0 Å². The summed E-state index contributed by atoms with van der Waals surface area (Å²) in [6, 6.07) is 8.62. The van der Waals surface area contributed by atoms with Crippen LogP contribution in [0, 0.1) is 5.41 Å². The van der Waals surface area contributed by atoms with Gasteiger partial charge in [0.25, 0.3) is 0 Å². The van der Waals surface area contributed by atoms with Crippen LogP contribution in [0.3, 0.4) is 0 Å². The molecule has 2 aromatic rings. The van der Waals surface area contributed by atoms with Crippen molar-refractivity contribution >= 4 is 10.9 Å². The molecule has 0 aliphatic carbocycles. The molecule has 1 heterocycles. The number of aromatic nitrogens is 1. The van der Waals surface area contributed by atoms with Gasteiger partial charge in [0, 0.05) is 22.2 Å². The van der Waals surface area contributed by atoms with Gasteiger partial charge in [-0.1, -0.05) is 111 Å². The highest BCUT2D eigenvalue weighted by atomic mass is 16.7. The van der Waals surface area contributed by atoms with Crippen molar-refractivity contribution in [2.75, 3.05) is 13.2 Å². The molecule has 2 rings (SSSR count). The van der Waals surface area contributed by atoms with Gasteiger partial charge in [-0.05, 0) is 43.6 Å². The zero-order valence-electron chi connectivity index (χ0n) is 23.0. The number of aromatic amines is 1. The van der Waals surface area contributed by atoms with Gasteiger partial charge >= 0.3 is 0 Å². The lowest BCUT2D eigenvalue weighted by Crippen LogP contribution is -2.12. The third-order valence-electron chi connectivity index (χ3n) is 6.70. The largest absolute Gasteiger partial charge is 0.358 e. The minimum atomic E-state index is -0.266. The average molecular weight is 472 g/mol. The second-order valence-corrected chi connectivity index (χ2v) is 11.2. The van der Waals surface area contributed by atoms with Crippen molar-refractivity contribution in [3.63, 3.8) is 0 Å². The summed E-state index contributed by atoms with van der Waals surface area (Å²) in [6.07, 6.45) is 17.4. The fourth-order valence-corrected chi connectivity index (χ4v) is 4.59. The number of H-pyrrole nitrogens is 1. The zero-order chi connectivity index (χ0) is 24.7. The van der Waals surface area contributed by atoms with Gasteiger partial charge in [0.15, 0.2) is 6.29 Å². The number of ether oxygens (including phenoxy) is 2.